The second-order valence-electron chi connectivity index (χ2n) is 4.84. The van der Waals surface area contributed by atoms with Gasteiger partial charge in [0.2, 0.25) is 5.91 Å². The SMILES string of the molecule is O=C(O)C1CCC(=O)N(Cc2c(Cl)cccc2[N+](=O)[O-])C1. The number of nitrogens with zero attached hydrogens (tertiary/aromatic N) is 2. The van der Waals surface area contributed by atoms with Crippen LogP contribution in [0, 0.1) is 16.0 Å². The van der Waals surface area contributed by atoms with E-state index in [0.717, 1.165) is 0 Å². The van der Waals surface area contributed by atoms with Crippen molar-refractivity contribution in [2.24, 2.45) is 5.92 Å². The van der Waals surface area contributed by atoms with Crippen LogP contribution in [-0.2, 0) is 16.1 Å². The van der Waals surface area contributed by atoms with E-state index in [1.54, 1.807) is 0 Å². The van der Waals surface area contributed by atoms with E-state index in [0.29, 0.717) is 0 Å². The highest BCUT2D eigenvalue weighted by atomic mass is 35.5. The maximum Gasteiger partial charge on any atom is 0.308 e. The predicted octanol–water partition coefficient (Wildman–Crippen LogP) is 2.07. The first-order valence-electron chi connectivity index (χ1n) is 6.32. The third-order valence-corrected chi connectivity index (χ3v) is 3.84. The molecule has 0 aromatic heterocycles. The molecule has 1 N–H and O–H groups in total. The number of nitro benzene ring substituents is 1. The number of carbonyl (C=O) groups is 2. The lowest BCUT2D eigenvalue weighted by Crippen LogP contribution is -2.42. The van der Waals surface area contributed by atoms with Crippen LogP contribution >= 0.6 is 11.6 Å². The Morgan fingerprint density at radius 1 is 1.52 bits per heavy atom. The van der Waals surface area contributed by atoms with Crippen molar-refractivity contribution < 1.29 is 19.6 Å². The normalized spacial score (nSPS) is 18.6. The summed E-state index contributed by atoms with van der Waals surface area (Å²) in [5, 5.41) is 20.2. The first-order valence-corrected chi connectivity index (χ1v) is 6.70. The fourth-order valence-electron chi connectivity index (χ4n) is 2.33. The number of nitro groups is 1. The van der Waals surface area contributed by atoms with E-state index in [1.807, 2.05) is 0 Å². The zero-order valence-electron chi connectivity index (χ0n) is 11.0. The summed E-state index contributed by atoms with van der Waals surface area (Å²) in [7, 11) is 0. The molecule has 1 aromatic carbocycles. The molecule has 7 nitrogen and oxygen atoms in total. The lowest BCUT2D eigenvalue weighted by atomic mass is 9.97. The van der Waals surface area contributed by atoms with Crippen LogP contribution in [0.4, 0.5) is 5.69 Å². The third-order valence-electron chi connectivity index (χ3n) is 3.49. The van der Waals surface area contributed by atoms with Crippen molar-refractivity contribution in [3.63, 3.8) is 0 Å². The van der Waals surface area contributed by atoms with Crippen LogP contribution in [0.25, 0.3) is 0 Å². The number of likely N-dealkylation sites (tertiary alicyclic amines) is 1. The summed E-state index contributed by atoms with van der Waals surface area (Å²) in [6.45, 7) is -0.0187. The number of hydrogen-bond donors (Lipinski definition) is 1. The van der Waals surface area contributed by atoms with Crippen molar-refractivity contribution in [2.45, 2.75) is 19.4 Å². The number of halogens is 1. The zero-order chi connectivity index (χ0) is 15.6. The summed E-state index contributed by atoms with van der Waals surface area (Å²) >= 11 is 5.98. The number of rotatable bonds is 4. The van der Waals surface area contributed by atoms with Gasteiger partial charge in [-0.05, 0) is 12.5 Å². The van der Waals surface area contributed by atoms with Gasteiger partial charge in [-0.25, -0.2) is 0 Å². The van der Waals surface area contributed by atoms with Crippen LogP contribution in [0.5, 0.6) is 0 Å². The molecule has 0 saturated carbocycles. The Bertz CT molecular complexity index is 604. The van der Waals surface area contributed by atoms with Crippen molar-refractivity contribution >= 4 is 29.2 Å². The van der Waals surface area contributed by atoms with Crippen molar-refractivity contribution in [3.05, 3.63) is 38.9 Å². The van der Waals surface area contributed by atoms with E-state index >= 15 is 0 Å². The monoisotopic (exact) mass is 312 g/mol. The summed E-state index contributed by atoms with van der Waals surface area (Å²) in [4.78, 5) is 34.7. The van der Waals surface area contributed by atoms with Crippen molar-refractivity contribution in [1.29, 1.82) is 0 Å². The smallest absolute Gasteiger partial charge is 0.308 e. The summed E-state index contributed by atoms with van der Waals surface area (Å²) in [6.07, 6.45) is 0.407. The number of hydrogen-bond acceptors (Lipinski definition) is 4. The van der Waals surface area contributed by atoms with E-state index in [9.17, 15) is 19.7 Å². The number of aliphatic carboxylic acids is 1. The first kappa shape index (κ1) is 15.2. The highest BCUT2D eigenvalue weighted by Gasteiger charge is 2.31. The average Bonchev–Trinajstić information content (AvgIpc) is 2.42. The molecule has 1 heterocycles. The molecule has 1 amide bonds. The average molecular weight is 313 g/mol. The summed E-state index contributed by atoms with van der Waals surface area (Å²) < 4.78 is 0. The van der Waals surface area contributed by atoms with Crippen LogP contribution in [0.1, 0.15) is 18.4 Å². The molecular formula is C13H13ClN2O5. The standard InChI is InChI=1S/C13H13ClN2O5/c14-10-2-1-3-11(16(20)21)9(10)7-15-6-8(13(18)19)4-5-12(15)17/h1-3,8H,4-7H2,(H,18,19). The number of piperidine rings is 1. The summed E-state index contributed by atoms with van der Waals surface area (Å²) in [6, 6.07) is 4.28. The van der Waals surface area contributed by atoms with Crippen molar-refractivity contribution in [2.75, 3.05) is 6.54 Å². The molecule has 1 atom stereocenters. The van der Waals surface area contributed by atoms with E-state index in [-0.39, 0.29) is 48.1 Å². The Kier molecular flexibility index (Phi) is 4.42. The van der Waals surface area contributed by atoms with Crippen LogP contribution in [0.3, 0.4) is 0 Å². The van der Waals surface area contributed by atoms with Gasteiger partial charge in [0.15, 0.2) is 0 Å². The Morgan fingerprint density at radius 2 is 2.24 bits per heavy atom. The molecule has 1 fully saturated rings. The second kappa shape index (κ2) is 6.09. The Hall–Kier alpha value is -2.15. The highest BCUT2D eigenvalue weighted by Crippen LogP contribution is 2.29. The van der Waals surface area contributed by atoms with E-state index < -0.39 is 16.8 Å². The van der Waals surface area contributed by atoms with Gasteiger partial charge < -0.3 is 10.0 Å². The van der Waals surface area contributed by atoms with Crippen LogP contribution in [0.15, 0.2) is 18.2 Å². The predicted molar refractivity (Wildman–Crippen MR) is 73.9 cm³/mol. The first-order chi connectivity index (χ1) is 9.90. The van der Waals surface area contributed by atoms with Gasteiger partial charge in [-0.3, -0.25) is 19.7 Å². The van der Waals surface area contributed by atoms with Gasteiger partial charge in [0.1, 0.15) is 0 Å². The Labute approximate surface area is 125 Å². The Balaban J connectivity index is 2.26. The molecule has 112 valence electrons. The third kappa shape index (κ3) is 3.30. The van der Waals surface area contributed by atoms with E-state index in [4.69, 9.17) is 16.7 Å². The van der Waals surface area contributed by atoms with E-state index in [2.05, 4.69) is 0 Å². The molecule has 0 bridgehead atoms. The molecule has 1 aromatic rings. The number of benzene rings is 1. The summed E-state index contributed by atoms with van der Waals surface area (Å²) in [5.41, 5.74) is 0.0521. The molecule has 21 heavy (non-hydrogen) atoms. The topological polar surface area (TPSA) is 101 Å². The highest BCUT2D eigenvalue weighted by molar-refractivity contribution is 6.31. The fraction of sp³-hybridized carbons (Fsp3) is 0.385. The number of carboxylic acid groups (broad SMARTS) is 1. The number of carbonyl (C=O) groups excluding carboxylic acids is 1. The van der Waals surface area contributed by atoms with Gasteiger partial charge in [-0.2, -0.15) is 0 Å². The maximum absolute atomic E-state index is 11.9. The maximum atomic E-state index is 11.9. The molecular weight excluding hydrogens is 300 g/mol. The molecule has 8 heteroatoms. The lowest BCUT2D eigenvalue weighted by molar-refractivity contribution is -0.385. The molecule has 0 radical (unpaired) electrons. The Morgan fingerprint density at radius 3 is 2.86 bits per heavy atom. The van der Waals surface area contributed by atoms with Crippen molar-refractivity contribution in [3.8, 4) is 0 Å². The van der Waals surface area contributed by atoms with Crippen LogP contribution < -0.4 is 0 Å². The van der Waals surface area contributed by atoms with E-state index in [1.165, 1.54) is 23.1 Å². The van der Waals surface area contributed by atoms with Crippen LogP contribution in [0.2, 0.25) is 5.02 Å². The molecule has 1 saturated heterocycles. The lowest BCUT2D eigenvalue weighted by Gasteiger charge is -2.30. The molecule has 0 aliphatic carbocycles. The van der Waals surface area contributed by atoms with Gasteiger partial charge in [-0.15, -0.1) is 0 Å². The van der Waals surface area contributed by atoms with Gasteiger partial charge in [0.25, 0.3) is 5.69 Å². The fourth-order valence-corrected chi connectivity index (χ4v) is 2.56. The largest absolute Gasteiger partial charge is 0.481 e. The molecule has 2 rings (SSSR count). The van der Waals surface area contributed by atoms with Crippen molar-refractivity contribution in [1.82, 2.24) is 4.90 Å². The second-order valence-corrected chi connectivity index (χ2v) is 5.25. The number of amides is 1. The summed E-state index contributed by atoms with van der Waals surface area (Å²) in [5.74, 6) is -1.84. The van der Waals surface area contributed by atoms with Gasteiger partial charge in [0, 0.05) is 19.0 Å². The van der Waals surface area contributed by atoms with Crippen LogP contribution in [-0.4, -0.2) is 33.4 Å². The van der Waals surface area contributed by atoms with Gasteiger partial charge in [-0.1, -0.05) is 17.7 Å². The molecule has 0 spiro atoms. The molecule has 1 aliphatic heterocycles. The quantitative estimate of drug-likeness (QED) is 0.677. The van der Waals surface area contributed by atoms with Gasteiger partial charge in [0.05, 0.1) is 28.0 Å². The minimum atomic E-state index is -0.971. The van der Waals surface area contributed by atoms with Gasteiger partial charge >= 0.3 is 5.97 Å². The minimum absolute atomic E-state index is 0.0382. The minimum Gasteiger partial charge on any atom is -0.481 e. The molecule has 1 unspecified atom stereocenters. The zero-order valence-corrected chi connectivity index (χ0v) is 11.7. The molecule has 1 aliphatic rings. The number of carboxylic acids is 1.